The Balaban J connectivity index is 1.84. The quantitative estimate of drug-likeness (QED) is 0.726. The van der Waals surface area contributed by atoms with Gasteiger partial charge in [0, 0.05) is 22.7 Å². The van der Waals surface area contributed by atoms with E-state index >= 15 is 0 Å². The molecule has 0 saturated carbocycles. The fourth-order valence-electron chi connectivity index (χ4n) is 2.40. The lowest BCUT2D eigenvalue weighted by atomic mass is 10.1. The van der Waals surface area contributed by atoms with Crippen LogP contribution in [0.3, 0.4) is 0 Å². The molecule has 0 aliphatic rings. The molecule has 0 unspecified atom stereocenters. The number of carbonyl (C=O) groups excluding carboxylic acids is 1. The summed E-state index contributed by atoms with van der Waals surface area (Å²) in [5, 5.41) is 10.0. The fourth-order valence-corrected chi connectivity index (χ4v) is 2.63. The van der Waals surface area contributed by atoms with E-state index in [1.54, 1.807) is 25.3 Å². The van der Waals surface area contributed by atoms with Crippen LogP contribution in [0.4, 0.5) is 0 Å². The minimum Gasteiger partial charge on any atom is -0.481 e. The Morgan fingerprint density at radius 1 is 1.30 bits per heavy atom. The number of benzene rings is 2. The summed E-state index contributed by atoms with van der Waals surface area (Å²) in [5.74, 6) is 0.245. The first-order valence-corrected chi connectivity index (χ1v) is 7.44. The Morgan fingerprint density at radius 3 is 2.83 bits per heavy atom. The van der Waals surface area contributed by atoms with Crippen molar-refractivity contribution in [3.8, 4) is 11.8 Å². The third-order valence-electron chi connectivity index (χ3n) is 3.59. The average molecular weight is 325 g/mol. The van der Waals surface area contributed by atoms with Crippen LogP contribution in [0.1, 0.15) is 22.8 Å². The number of ether oxygens (including phenoxy) is 1. The van der Waals surface area contributed by atoms with E-state index in [0.29, 0.717) is 21.9 Å². The van der Waals surface area contributed by atoms with Gasteiger partial charge in [0.1, 0.15) is 5.75 Å². The van der Waals surface area contributed by atoms with Crippen LogP contribution in [0, 0.1) is 11.3 Å². The van der Waals surface area contributed by atoms with E-state index in [1.165, 1.54) is 6.07 Å². The highest BCUT2D eigenvalue weighted by Crippen LogP contribution is 2.27. The first-order chi connectivity index (χ1) is 11.1. The van der Waals surface area contributed by atoms with Crippen LogP contribution in [0.2, 0.25) is 5.02 Å². The van der Waals surface area contributed by atoms with Crippen molar-refractivity contribution in [2.45, 2.75) is 13.0 Å². The summed E-state index contributed by atoms with van der Waals surface area (Å²) in [4.78, 5) is 15.7. The number of fused-ring (bicyclic) bond motifs is 1. The van der Waals surface area contributed by atoms with E-state index < -0.39 is 6.10 Å². The highest BCUT2D eigenvalue weighted by atomic mass is 35.5. The van der Waals surface area contributed by atoms with E-state index in [4.69, 9.17) is 21.6 Å². The summed E-state index contributed by atoms with van der Waals surface area (Å²) in [6.07, 6.45) is 0.993. The molecule has 0 aliphatic carbocycles. The number of rotatable bonds is 4. The van der Waals surface area contributed by atoms with E-state index in [0.717, 1.165) is 10.9 Å². The highest BCUT2D eigenvalue weighted by Gasteiger charge is 2.21. The number of aromatic amines is 1. The third-order valence-corrected chi connectivity index (χ3v) is 3.88. The Labute approximate surface area is 138 Å². The molecule has 0 radical (unpaired) electrons. The zero-order valence-corrected chi connectivity index (χ0v) is 13.1. The smallest absolute Gasteiger partial charge is 0.205 e. The van der Waals surface area contributed by atoms with E-state index in [1.807, 2.05) is 30.3 Å². The second-order valence-electron chi connectivity index (χ2n) is 5.13. The molecule has 114 valence electrons. The maximum Gasteiger partial charge on any atom is 0.205 e. The van der Waals surface area contributed by atoms with Gasteiger partial charge in [0.2, 0.25) is 5.78 Å². The Bertz CT molecular complexity index is 924. The highest BCUT2D eigenvalue weighted by molar-refractivity contribution is 6.32. The first kappa shape index (κ1) is 15.1. The topological polar surface area (TPSA) is 65.9 Å². The number of carbonyl (C=O) groups is 1. The molecule has 0 saturated heterocycles. The summed E-state index contributed by atoms with van der Waals surface area (Å²) in [6.45, 7) is 1.68. The molecule has 0 spiro atoms. The minimum atomic E-state index is -0.695. The molecule has 3 rings (SSSR count). The maximum atomic E-state index is 12.6. The average Bonchev–Trinajstić information content (AvgIpc) is 2.99. The second-order valence-corrected chi connectivity index (χ2v) is 5.54. The lowest BCUT2D eigenvalue weighted by molar-refractivity contribution is 0.0820. The molecule has 4 nitrogen and oxygen atoms in total. The summed E-state index contributed by atoms with van der Waals surface area (Å²) in [7, 11) is 0. The van der Waals surface area contributed by atoms with Crippen molar-refractivity contribution in [2.24, 2.45) is 0 Å². The van der Waals surface area contributed by atoms with Gasteiger partial charge in [-0.25, -0.2) is 0 Å². The van der Waals surface area contributed by atoms with Crippen molar-refractivity contribution in [1.29, 1.82) is 5.26 Å². The molecule has 1 aromatic heterocycles. The number of nitriles is 1. The number of H-pyrrole nitrogens is 1. The number of para-hydroxylation sites is 1. The van der Waals surface area contributed by atoms with Crippen LogP contribution in [0.5, 0.6) is 5.75 Å². The summed E-state index contributed by atoms with van der Waals surface area (Å²) in [5.41, 5.74) is 1.93. The number of Topliss-reactive ketones (excluding diaryl/α,β-unsaturated/α-hetero) is 1. The monoisotopic (exact) mass is 324 g/mol. The molecular formula is C18H13ClN2O2. The standard InChI is InChI=1S/C18H13ClN2O2/c1-11(23-17-7-6-12(9-20)8-15(17)19)18(22)14-10-21-16-5-3-2-4-13(14)16/h2-8,10-11,21H,1H3/t11-/m1/s1. The fraction of sp³-hybridized carbons (Fsp3) is 0.111. The molecule has 0 amide bonds. The van der Waals surface area contributed by atoms with Crippen molar-refractivity contribution in [1.82, 2.24) is 4.98 Å². The second kappa shape index (κ2) is 6.15. The Hall–Kier alpha value is -2.77. The lowest BCUT2D eigenvalue weighted by Crippen LogP contribution is -2.23. The van der Waals surface area contributed by atoms with Gasteiger partial charge in [-0.15, -0.1) is 0 Å². The van der Waals surface area contributed by atoms with Gasteiger partial charge < -0.3 is 9.72 Å². The molecular weight excluding hydrogens is 312 g/mol. The number of hydrogen-bond acceptors (Lipinski definition) is 3. The van der Waals surface area contributed by atoms with Crippen molar-refractivity contribution in [2.75, 3.05) is 0 Å². The van der Waals surface area contributed by atoms with Crippen LogP contribution in [0.15, 0.2) is 48.7 Å². The van der Waals surface area contributed by atoms with Crippen LogP contribution in [0.25, 0.3) is 10.9 Å². The summed E-state index contributed by atoms with van der Waals surface area (Å²) < 4.78 is 5.67. The molecule has 0 bridgehead atoms. The van der Waals surface area contributed by atoms with Crippen LogP contribution in [-0.4, -0.2) is 16.9 Å². The van der Waals surface area contributed by atoms with Crippen molar-refractivity contribution in [3.63, 3.8) is 0 Å². The van der Waals surface area contributed by atoms with E-state index in [9.17, 15) is 4.79 Å². The predicted octanol–water partition coefficient (Wildman–Crippen LogP) is 4.34. The molecule has 5 heteroatoms. The van der Waals surface area contributed by atoms with Crippen molar-refractivity contribution >= 4 is 28.3 Å². The molecule has 23 heavy (non-hydrogen) atoms. The predicted molar refractivity (Wildman–Crippen MR) is 88.9 cm³/mol. The van der Waals surface area contributed by atoms with Gasteiger partial charge in [-0.2, -0.15) is 5.26 Å². The number of hydrogen-bond donors (Lipinski definition) is 1. The van der Waals surface area contributed by atoms with Gasteiger partial charge >= 0.3 is 0 Å². The van der Waals surface area contributed by atoms with Gasteiger partial charge in [-0.1, -0.05) is 29.8 Å². The lowest BCUT2D eigenvalue weighted by Gasteiger charge is -2.14. The van der Waals surface area contributed by atoms with E-state index in [-0.39, 0.29) is 5.78 Å². The minimum absolute atomic E-state index is 0.136. The van der Waals surface area contributed by atoms with E-state index in [2.05, 4.69) is 4.98 Å². The third kappa shape index (κ3) is 2.92. The maximum absolute atomic E-state index is 12.6. The number of aromatic nitrogens is 1. The summed E-state index contributed by atoms with van der Waals surface area (Å²) in [6, 6.07) is 14.3. The Kier molecular flexibility index (Phi) is 4.05. The van der Waals surface area contributed by atoms with Gasteiger partial charge in [0.05, 0.1) is 16.7 Å². The zero-order valence-electron chi connectivity index (χ0n) is 12.3. The van der Waals surface area contributed by atoms with Crippen molar-refractivity contribution < 1.29 is 9.53 Å². The van der Waals surface area contributed by atoms with Gasteiger partial charge in [-0.3, -0.25) is 4.79 Å². The summed E-state index contributed by atoms with van der Waals surface area (Å²) >= 11 is 6.08. The van der Waals surface area contributed by atoms with Gasteiger partial charge in [-0.05, 0) is 31.2 Å². The number of halogens is 1. The number of nitrogens with zero attached hydrogens (tertiary/aromatic N) is 1. The van der Waals surface area contributed by atoms with Crippen LogP contribution in [-0.2, 0) is 0 Å². The number of nitrogens with one attached hydrogen (secondary N) is 1. The molecule has 3 aromatic rings. The van der Waals surface area contributed by atoms with Crippen LogP contribution >= 0.6 is 11.6 Å². The molecule has 2 aromatic carbocycles. The number of ketones is 1. The first-order valence-electron chi connectivity index (χ1n) is 7.07. The normalized spacial score (nSPS) is 11.9. The SMILES string of the molecule is C[C@@H](Oc1ccc(C#N)cc1Cl)C(=O)c1c[nH]c2ccccc12. The van der Waals surface area contributed by atoms with Crippen molar-refractivity contribution in [3.05, 3.63) is 64.8 Å². The van der Waals surface area contributed by atoms with Gasteiger partial charge in [0.25, 0.3) is 0 Å². The molecule has 0 aliphatic heterocycles. The molecule has 1 heterocycles. The molecule has 0 fully saturated rings. The van der Waals surface area contributed by atoms with Crippen LogP contribution < -0.4 is 4.74 Å². The Morgan fingerprint density at radius 2 is 2.09 bits per heavy atom. The van der Waals surface area contributed by atoms with Gasteiger partial charge in [0.15, 0.2) is 6.10 Å². The molecule has 1 atom stereocenters. The largest absolute Gasteiger partial charge is 0.481 e. The molecule has 1 N–H and O–H groups in total. The zero-order chi connectivity index (χ0) is 16.4.